The van der Waals surface area contributed by atoms with E-state index in [1.165, 1.54) is 36.4 Å². The molecule has 0 atom stereocenters. The Morgan fingerprint density at radius 2 is 0.682 bits per heavy atom. The van der Waals surface area contributed by atoms with Crippen LogP contribution < -0.4 is 10.9 Å². The van der Waals surface area contributed by atoms with Gasteiger partial charge in [0.05, 0.1) is 30.5 Å². The summed E-state index contributed by atoms with van der Waals surface area (Å²) in [6.07, 6.45) is 0. The lowest BCUT2D eigenvalue weighted by Gasteiger charge is -2.18. The van der Waals surface area contributed by atoms with E-state index in [-0.39, 0.29) is 43.1 Å². The van der Waals surface area contributed by atoms with Crippen LogP contribution in [0.5, 0.6) is 0 Å². The summed E-state index contributed by atoms with van der Waals surface area (Å²) in [5.41, 5.74) is -3.77. The Bertz CT molecular complexity index is 2640. The highest BCUT2D eigenvalue weighted by molar-refractivity contribution is 6.41. The topological polar surface area (TPSA) is 207 Å². The van der Waals surface area contributed by atoms with Gasteiger partial charge in [-0.3, -0.25) is 50.0 Å². The zero-order valence-electron chi connectivity index (χ0n) is 21.6. The molecule has 0 saturated carbocycles. The Labute approximate surface area is 239 Å². The van der Waals surface area contributed by atoms with E-state index < -0.39 is 64.1 Å². The van der Waals surface area contributed by atoms with Crippen molar-refractivity contribution in [1.82, 2.24) is 0 Å². The maximum Gasteiger partial charge on any atom is 0.281 e. The maximum atomic E-state index is 13.8. The first-order valence-electron chi connectivity index (χ1n) is 12.8. The first-order valence-corrected chi connectivity index (χ1v) is 12.8. The van der Waals surface area contributed by atoms with E-state index in [0.29, 0.717) is 21.5 Å². The van der Waals surface area contributed by atoms with Crippen LogP contribution in [0.1, 0.15) is 0 Å². The zero-order chi connectivity index (χ0) is 30.9. The van der Waals surface area contributed by atoms with Gasteiger partial charge >= 0.3 is 0 Å². The van der Waals surface area contributed by atoms with E-state index in [9.17, 15) is 50.0 Å². The van der Waals surface area contributed by atoms with Gasteiger partial charge in [0.15, 0.2) is 0 Å². The van der Waals surface area contributed by atoms with E-state index in [1.807, 2.05) is 0 Å². The largest absolute Gasteiger partial charge is 0.288 e. The fourth-order valence-electron chi connectivity index (χ4n) is 6.85. The minimum absolute atomic E-state index is 0.0513. The number of benzene rings is 8. The first kappa shape index (κ1) is 25.0. The molecule has 0 aliphatic carbocycles. The van der Waals surface area contributed by atoms with Crippen LogP contribution in [0.3, 0.4) is 0 Å². The summed E-state index contributed by atoms with van der Waals surface area (Å²) in [6.45, 7) is 0. The molecule has 14 heteroatoms. The standard InChI is InChI=1S/C30H10N4O10/c35-29-13-3-1-11-9-15-24-14(30(36)28-20(34(43)44)8-5-17(25(15)28)31(37)38)4-2-12-10-16(23(13)21(11)22(12)24)26-18(32(39)40)6-7-19(27(26)29)33(41)42/h1-10H. The van der Waals surface area contributed by atoms with Gasteiger partial charge in [0.25, 0.3) is 22.7 Å². The Morgan fingerprint density at radius 3 is 1.00 bits per heavy atom. The molecule has 44 heavy (non-hydrogen) atoms. The molecule has 0 aromatic heterocycles. The number of non-ortho nitro benzene ring substituents is 4. The quantitative estimate of drug-likeness (QED) is 0.0955. The molecule has 0 fully saturated rings. The number of nitro groups is 4. The summed E-state index contributed by atoms with van der Waals surface area (Å²) in [6, 6.07) is 12.8. The molecule has 0 unspecified atom stereocenters. The van der Waals surface area contributed by atoms with Gasteiger partial charge in [-0.1, -0.05) is 12.1 Å². The third-order valence-electron chi connectivity index (χ3n) is 8.46. The van der Waals surface area contributed by atoms with Crippen molar-refractivity contribution in [2.75, 3.05) is 0 Å². The molecule has 0 spiro atoms. The molecule has 0 heterocycles. The number of rotatable bonds is 4. The van der Waals surface area contributed by atoms with E-state index in [4.69, 9.17) is 0 Å². The predicted molar refractivity (Wildman–Crippen MR) is 162 cm³/mol. The molecule has 210 valence electrons. The summed E-state index contributed by atoms with van der Waals surface area (Å²) in [5.74, 6) is 0. The summed E-state index contributed by atoms with van der Waals surface area (Å²) in [4.78, 5) is 72.7. The molecule has 14 nitrogen and oxygen atoms in total. The van der Waals surface area contributed by atoms with E-state index in [1.54, 1.807) is 0 Å². The third kappa shape index (κ3) is 2.82. The number of nitro benzene ring substituents is 4. The Kier molecular flexibility index (Phi) is 4.54. The van der Waals surface area contributed by atoms with Gasteiger partial charge in [-0.15, -0.1) is 0 Å². The van der Waals surface area contributed by atoms with Crippen molar-refractivity contribution in [1.29, 1.82) is 0 Å². The second-order valence-electron chi connectivity index (χ2n) is 10.4. The van der Waals surface area contributed by atoms with Gasteiger partial charge in [-0.25, -0.2) is 0 Å². The van der Waals surface area contributed by atoms with Gasteiger partial charge < -0.3 is 0 Å². The lowest BCUT2D eigenvalue weighted by molar-refractivity contribution is -0.386. The maximum absolute atomic E-state index is 13.8. The number of fused-ring (bicyclic) bond motifs is 4. The number of nitrogens with zero attached hydrogens (tertiary/aromatic N) is 4. The van der Waals surface area contributed by atoms with Crippen LogP contribution in [0.4, 0.5) is 22.7 Å². The van der Waals surface area contributed by atoms with Crippen LogP contribution in [0.15, 0.2) is 70.3 Å². The number of hydrogen-bond donors (Lipinski definition) is 0. The molecular formula is C30H10N4O10. The summed E-state index contributed by atoms with van der Waals surface area (Å²) in [7, 11) is 0. The highest BCUT2D eigenvalue weighted by atomic mass is 16.6. The predicted octanol–water partition coefficient (Wildman–Crippen LogP) is 6.43. The minimum Gasteiger partial charge on any atom is -0.288 e. The van der Waals surface area contributed by atoms with E-state index >= 15 is 0 Å². The lowest BCUT2D eigenvalue weighted by atomic mass is 9.83. The lowest BCUT2D eigenvalue weighted by Crippen LogP contribution is -2.09. The number of hydrogen-bond acceptors (Lipinski definition) is 10. The van der Waals surface area contributed by atoms with Crippen LogP contribution in [-0.2, 0) is 0 Å². The normalized spacial score (nSPS) is 12.1. The van der Waals surface area contributed by atoms with Crippen LogP contribution in [-0.4, -0.2) is 19.7 Å². The highest BCUT2D eigenvalue weighted by Gasteiger charge is 2.31. The smallest absolute Gasteiger partial charge is 0.281 e. The summed E-state index contributed by atoms with van der Waals surface area (Å²) >= 11 is 0. The van der Waals surface area contributed by atoms with E-state index in [0.717, 1.165) is 24.3 Å². The molecule has 8 aromatic carbocycles. The summed E-state index contributed by atoms with van der Waals surface area (Å²) in [5, 5.41) is 49.6. The van der Waals surface area contributed by atoms with Crippen molar-refractivity contribution < 1.29 is 19.7 Å². The molecular weight excluding hydrogens is 576 g/mol. The Hall–Kier alpha value is -6.70. The zero-order valence-corrected chi connectivity index (χ0v) is 21.6. The van der Waals surface area contributed by atoms with Crippen molar-refractivity contribution in [3.63, 3.8) is 0 Å². The molecule has 0 amide bonds. The molecule has 0 saturated heterocycles. The molecule has 8 rings (SSSR count). The fraction of sp³-hybridized carbons (Fsp3) is 0. The van der Waals surface area contributed by atoms with Crippen LogP contribution in [0, 0.1) is 40.5 Å². The van der Waals surface area contributed by atoms with Crippen molar-refractivity contribution in [2.45, 2.75) is 0 Å². The minimum atomic E-state index is -0.791. The van der Waals surface area contributed by atoms with Gasteiger partial charge in [0.1, 0.15) is 10.8 Å². The fourth-order valence-corrected chi connectivity index (χ4v) is 6.85. The van der Waals surface area contributed by atoms with E-state index in [2.05, 4.69) is 0 Å². The van der Waals surface area contributed by atoms with Gasteiger partial charge in [0, 0.05) is 45.8 Å². The van der Waals surface area contributed by atoms with Crippen molar-refractivity contribution in [3.8, 4) is 0 Å². The van der Waals surface area contributed by atoms with Crippen molar-refractivity contribution in [3.05, 3.63) is 122 Å². The second-order valence-corrected chi connectivity index (χ2v) is 10.4. The van der Waals surface area contributed by atoms with Crippen LogP contribution in [0.25, 0.3) is 75.4 Å². The van der Waals surface area contributed by atoms with Crippen molar-refractivity contribution >= 4 is 98.2 Å². The van der Waals surface area contributed by atoms with Crippen LogP contribution in [0.2, 0.25) is 0 Å². The Balaban J connectivity index is 1.73. The summed E-state index contributed by atoms with van der Waals surface area (Å²) < 4.78 is 0. The third-order valence-corrected chi connectivity index (χ3v) is 8.46. The molecule has 0 aliphatic heterocycles. The Morgan fingerprint density at radius 1 is 0.364 bits per heavy atom. The van der Waals surface area contributed by atoms with Crippen LogP contribution >= 0.6 is 0 Å². The molecule has 0 radical (unpaired) electrons. The monoisotopic (exact) mass is 586 g/mol. The molecule has 8 aromatic rings. The van der Waals surface area contributed by atoms with Crippen molar-refractivity contribution in [2.24, 2.45) is 0 Å². The molecule has 0 bridgehead atoms. The molecule has 0 N–H and O–H groups in total. The average Bonchev–Trinajstić information content (AvgIpc) is 2.99. The van der Waals surface area contributed by atoms with Gasteiger partial charge in [-0.2, -0.15) is 0 Å². The second kappa shape index (κ2) is 7.98. The average molecular weight is 586 g/mol. The van der Waals surface area contributed by atoms with Gasteiger partial charge in [-0.05, 0) is 56.6 Å². The SMILES string of the molecule is O=c1c2ccc3cc4c5c([N+](=O)[O-])ccc([N+](=O)[O-])c5c(=O)c5ccc6cc(c7c([N+](=O)[O-])ccc([N+](=O)[O-])c17)c2c3c6c54. The van der Waals surface area contributed by atoms with Gasteiger partial charge in [0.2, 0.25) is 10.9 Å². The first-order chi connectivity index (χ1) is 21.0. The highest BCUT2D eigenvalue weighted by Crippen LogP contribution is 2.48. The molecule has 0 aliphatic rings.